The summed E-state index contributed by atoms with van der Waals surface area (Å²) in [6, 6.07) is 0. The Labute approximate surface area is 85.3 Å². The molecule has 0 unspecified atom stereocenters. The van der Waals surface area contributed by atoms with Crippen molar-refractivity contribution in [1.29, 1.82) is 0 Å². The maximum Gasteiger partial charge on any atom is 0.155 e. The Morgan fingerprint density at radius 2 is 2.23 bits per heavy atom. The molecule has 0 bridgehead atoms. The van der Waals surface area contributed by atoms with Gasteiger partial charge in [-0.15, -0.1) is 0 Å². The third-order valence-electron chi connectivity index (χ3n) is 1.38. The summed E-state index contributed by atoms with van der Waals surface area (Å²) in [6.07, 6.45) is 3.89. The number of ether oxygens (including phenoxy) is 1. The highest BCUT2D eigenvalue weighted by Gasteiger charge is 2.08. The topological polar surface area (TPSA) is 39.2 Å². The van der Waals surface area contributed by atoms with Gasteiger partial charge in [0.25, 0.3) is 0 Å². The van der Waals surface area contributed by atoms with E-state index >= 15 is 0 Å². The van der Waals surface area contributed by atoms with Crippen molar-refractivity contribution in [2.45, 2.75) is 20.0 Å². The van der Waals surface area contributed by atoms with Crippen LogP contribution in [-0.2, 0) is 0 Å². The molecule has 0 amide bonds. The van der Waals surface area contributed by atoms with E-state index in [4.69, 9.17) is 4.74 Å². The van der Waals surface area contributed by atoms with Crippen LogP contribution >= 0.6 is 15.9 Å². The minimum absolute atomic E-state index is 0.0369. The minimum Gasteiger partial charge on any atom is -0.489 e. The average Bonchev–Trinajstić information content (AvgIpc) is 2.03. The van der Waals surface area contributed by atoms with Crippen LogP contribution < -0.4 is 4.74 Å². The van der Waals surface area contributed by atoms with Gasteiger partial charge in [0.05, 0.1) is 22.3 Å². The molecule has 13 heavy (non-hydrogen) atoms. The van der Waals surface area contributed by atoms with Crippen molar-refractivity contribution in [1.82, 2.24) is 4.98 Å². The summed E-state index contributed by atoms with van der Waals surface area (Å²) >= 11 is 3.22. The van der Waals surface area contributed by atoms with Gasteiger partial charge in [0.15, 0.2) is 6.29 Å². The monoisotopic (exact) mass is 243 g/mol. The third-order valence-corrected chi connectivity index (χ3v) is 2.01. The molecule has 4 heteroatoms. The fourth-order valence-electron chi connectivity index (χ4n) is 0.889. The molecule has 1 heterocycles. The number of aldehydes is 1. The van der Waals surface area contributed by atoms with E-state index in [2.05, 4.69) is 20.9 Å². The first-order valence-corrected chi connectivity index (χ1v) is 4.69. The molecule has 1 aromatic rings. The molecule has 0 N–H and O–H groups in total. The van der Waals surface area contributed by atoms with Crippen LogP contribution in [0.5, 0.6) is 5.75 Å². The second-order valence-electron chi connectivity index (χ2n) is 2.82. The molecule has 70 valence electrons. The van der Waals surface area contributed by atoms with Gasteiger partial charge < -0.3 is 4.74 Å². The molecule has 1 rings (SSSR count). The molecule has 3 nitrogen and oxygen atoms in total. The fourth-order valence-corrected chi connectivity index (χ4v) is 1.30. The summed E-state index contributed by atoms with van der Waals surface area (Å²) in [6.45, 7) is 3.80. The number of aromatic nitrogens is 1. The van der Waals surface area contributed by atoms with Crippen LogP contribution in [0.25, 0.3) is 0 Å². The van der Waals surface area contributed by atoms with Crippen LogP contribution in [0.1, 0.15) is 24.2 Å². The lowest BCUT2D eigenvalue weighted by atomic mass is 10.3. The Kier molecular flexibility index (Phi) is 3.42. The number of carbonyl (C=O) groups is 1. The van der Waals surface area contributed by atoms with Crippen LogP contribution in [0.3, 0.4) is 0 Å². The van der Waals surface area contributed by atoms with Crippen molar-refractivity contribution in [2.75, 3.05) is 0 Å². The highest BCUT2D eigenvalue weighted by atomic mass is 79.9. The number of hydrogen-bond donors (Lipinski definition) is 0. The number of pyridine rings is 1. The lowest BCUT2D eigenvalue weighted by molar-refractivity contribution is 0.111. The van der Waals surface area contributed by atoms with Crippen molar-refractivity contribution in [2.24, 2.45) is 0 Å². The van der Waals surface area contributed by atoms with E-state index < -0.39 is 0 Å². The standard InChI is InChI=1S/C9H10BrNO2/c1-6(2)13-9-4-11-3-8(10)7(9)5-12/h3-6H,1-2H3. The van der Waals surface area contributed by atoms with Gasteiger partial charge in [0.1, 0.15) is 5.75 Å². The Hall–Kier alpha value is -0.900. The van der Waals surface area contributed by atoms with Crippen LogP contribution in [0.15, 0.2) is 16.9 Å². The Bertz CT molecular complexity index is 312. The zero-order valence-electron chi connectivity index (χ0n) is 7.45. The minimum atomic E-state index is 0.0369. The first-order chi connectivity index (χ1) is 6.15. The first kappa shape index (κ1) is 10.2. The van der Waals surface area contributed by atoms with Gasteiger partial charge in [0.2, 0.25) is 0 Å². The molecule has 0 atom stereocenters. The van der Waals surface area contributed by atoms with Gasteiger partial charge >= 0.3 is 0 Å². The van der Waals surface area contributed by atoms with Gasteiger partial charge in [-0.25, -0.2) is 0 Å². The van der Waals surface area contributed by atoms with Gasteiger partial charge in [-0.05, 0) is 29.8 Å². The van der Waals surface area contributed by atoms with Crippen LogP contribution in [0.4, 0.5) is 0 Å². The molecule has 0 aromatic carbocycles. The number of halogens is 1. The van der Waals surface area contributed by atoms with Crippen molar-refractivity contribution >= 4 is 22.2 Å². The van der Waals surface area contributed by atoms with Gasteiger partial charge in [-0.1, -0.05) is 0 Å². The normalized spacial score (nSPS) is 10.2. The maximum absolute atomic E-state index is 10.7. The molecular weight excluding hydrogens is 234 g/mol. The van der Waals surface area contributed by atoms with Gasteiger partial charge in [-0.3, -0.25) is 9.78 Å². The van der Waals surface area contributed by atoms with E-state index in [9.17, 15) is 4.79 Å². The summed E-state index contributed by atoms with van der Waals surface area (Å²) in [7, 11) is 0. The van der Waals surface area contributed by atoms with Crippen molar-refractivity contribution in [3.63, 3.8) is 0 Å². The first-order valence-electron chi connectivity index (χ1n) is 3.90. The molecule has 0 fully saturated rings. The maximum atomic E-state index is 10.7. The summed E-state index contributed by atoms with van der Waals surface area (Å²) in [4.78, 5) is 14.6. The van der Waals surface area contributed by atoms with Gasteiger partial charge in [0, 0.05) is 6.20 Å². The third kappa shape index (κ3) is 2.52. The summed E-state index contributed by atoms with van der Waals surface area (Å²) in [5.74, 6) is 0.513. The number of hydrogen-bond acceptors (Lipinski definition) is 3. The quantitative estimate of drug-likeness (QED) is 0.766. The zero-order valence-corrected chi connectivity index (χ0v) is 9.04. The van der Waals surface area contributed by atoms with E-state index in [1.54, 1.807) is 6.20 Å². The number of carbonyl (C=O) groups excluding carboxylic acids is 1. The molecule has 0 saturated heterocycles. The highest BCUT2D eigenvalue weighted by Crippen LogP contribution is 2.24. The molecule has 1 aromatic heterocycles. The summed E-state index contributed by atoms with van der Waals surface area (Å²) in [5.41, 5.74) is 0.503. The Balaban J connectivity index is 3.05. The van der Waals surface area contributed by atoms with E-state index in [1.807, 2.05) is 13.8 Å². The van der Waals surface area contributed by atoms with E-state index in [1.165, 1.54) is 6.20 Å². The summed E-state index contributed by atoms with van der Waals surface area (Å²) < 4.78 is 6.05. The number of rotatable bonds is 3. The van der Waals surface area contributed by atoms with E-state index in [0.717, 1.165) is 6.29 Å². The van der Waals surface area contributed by atoms with Crippen LogP contribution in [0, 0.1) is 0 Å². The Morgan fingerprint density at radius 3 is 2.77 bits per heavy atom. The SMILES string of the molecule is CC(C)Oc1cncc(Br)c1C=O. The van der Waals surface area contributed by atoms with Crippen LogP contribution in [-0.4, -0.2) is 17.4 Å². The number of nitrogens with zero attached hydrogens (tertiary/aromatic N) is 1. The lowest BCUT2D eigenvalue weighted by Crippen LogP contribution is -2.07. The molecule has 0 aliphatic rings. The largest absolute Gasteiger partial charge is 0.489 e. The van der Waals surface area contributed by atoms with Crippen molar-refractivity contribution in [3.05, 3.63) is 22.4 Å². The molecule has 0 aliphatic heterocycles. The smallest absolute Gasteiger partial charge is 0.155 e. The highest BCUT2D eigenvalue weighted by molar-refractivity contribution is 9.10. The second-order valence-corrected chi connectivity index (χ2v) is 3.67. The predicted molar refractivity (Wildman–Crippen MR) is 53.1 cm³/mol. The average molecular weight is 244 g/mol. The second kappa shape index (κ2) is 4.37. The van der Waals surface area contributed by atoms with Crippen LogP contribution in [0.2, 0.25) is 0 Å². The molecular formula is C9H10BrNO2. The molecule has 0 radical (unpaired) electrons. The van der Waals surface area contributed by atoms with Gasteiger partial charge in [-0.2, -0.15) is 0 Å². The van der Waals surface area contributed by atoms with E-state index in [-0.39, 0.29) is 6.10 Å². The van der Waals surface area contributed by atoms with Crippen molar-refractivity contribution in [3.8, 4) is 5.75 Å². The zero-order chi connectivity index (χ0) is 9.84. The fraction of sp³-hybridized carbons (Fsp3) is 0.333. The predicted octanol–water partition coefficient (Wildman–Crippen LogP) is 2.44. The Morgan fingerprint density at radius 1 is 1.54 bits per heavy atom. The lowest BCUT2D eigenvalue weighted by Gasteiger charge is -2.11. The molecule has 0 aliphatic carbocycles. The molecule has 0 spiro atoms. The van der Waals surface area contributed by atoms with Crippen molar-refractivity contribution < 1.29 is 9.53 Å². The van der Waals surface area contributed by atoms with E-state index in [0.29, 0.717) is 15.8 Å². The summed E-state index contributed by atoms with van der Waals surface area (Å²) in [5, 5.41) is 0. The molecule has 0 saturated carbocycles.